The summed E-state index contributed by atoms with van der Waals surface area (Å²) in [7, 11) is 0. The summed E-state index contributed by atoms with van der Waals surface area (Å²) in [6.07, 6.45) is 2.41. The SMILES string of the molecule is O=C(Cc1[nH]c(=O)[nH]c1O)NC1Cc2ccc(-c3ccc4c(c3)CCO4)cc2C1. The van der Waals surface area contributed by atoms with E-state index in [0.29, 0.717) is 0 Å². The van der Waals surface area contributed by atoms with E-state index in [9.17, 15) is 14.7 Å². The molecule has 2 aromatic carbocycles. The van der Waals surface area contributed by atoms with Gasteiger partial charge in [0.2, 0.25) is 11.8 Å². The van der Waals surface area contributed by atoms with Gasteiger partial charge >= 0.3 is 5.69 Å². The lowest BCUT2D eigenvalue weighted by Gasteiger charge is -2.11. The molecule has 0 radical (unpaired) electrons. The predicted octanol–water partition coefficient (Wildman–Crippen LogP) is 1.84. The van der Waals surface area contributed by atoms with Crippen molar-refractivity contribution in [1.82, 2.24) is 15.3 Å². The zero-order valence-electron chi connectivity index (χ0n) is 15.7. The highest BCUT2D eigenvalue weighted by atomic mass is 16.5. The Morgan fingerprint density at radius 1 is 1.07 bits per heavy atom. The van der Waals surface area contributed by atoms with Crippen molar-refractivity contribution in [3.63, 3.8) is 0 Å². The molecule has 1 atom stereocenters. The number of nitrogens with one attached hydrogen (secondary N) is 3. The summed E-state index contributed by atoms with van der Waals surface area (Å²) in [6, 6.07) is 12.8. The lowest BCUT2D eigenvalue weighted by Crippen LogP contribution is -2.36. The van der Waals surface area contributed by atoms with Crippen LogP contribution in [0.4, 0.5) is 0 Å². The molecule has 7 heteroatoms. The lowest BCUT2D eigenvalue weighted by atomic mass is 9.98. The van der Waals surface area contributed by atoms with E-state index in [1.54, 1.807) is 0 Å². The molecule has 148 valence electrons. The van der Waals surface area contributed by atoms with Gasteiger partial charge in [0.15, 0.2) is 0 Å². The van der Waals surface area contributed by atoms with Crippen LogP contribution >= 0.6 is 0 Å². The smallest absolute Gasteiger partial charge is 0.325 e. The summed E-state index contributed by atoms with van der Waals surface area (Å²) in [5.41, 5.74) is 5.75. The van der Waals surface area contributed by atoms with Crippen molar-refractivity contribution < 1.29 is 14.6 Å². The molecule has 0 fully saturated rings. The van der Waals surface area contributed by atoms with Crippen LogP contribution in [0.3, 0.4) is 0 Å². The van der Waals surface area contributed by atoms with Crippen LogP contribution < -0.4 is 15.7 Å². The average Bonchev–Trinajstić information content (AvgIpc) is 3.38. The number of aromatic nitrogens is 2. The summed E-state index contributed by atoms with van der Waals surface area (Å²) >= 11 is 0. The molecule has 1 unspecified atom stereocenters. The Morgan fingerprint density at radius 3 is 2.62 bits per heavy atom. The van der Waals surface area contributed by atoms with E-state index in [2.05, 4.69) is 45.6 Å². The molecule has 2 aliphatic rings. The highest BCUT2D eigenvalue weighted by molar-refractivity contribution is 5.79. The van der Waals surface area contributed by atoms with Gasteiger partial charge in [-0.1, -0.05) is 24.3 Å². The highest BCUT2D eigenvalue weighted by Crippen LogP contribution is 2.33. The second kappa shape index (κ2) is 6.84. The number of hydrogen-bond acceptors (Lipinski definition) is 4. The number of amides is 1. The lowest BCUT2D eigenvalue weighted by molar-refractivity contribution is -0.121. The summed E-state index contributed by atoms with van der Waals surface area (Å²) in [4.78, 5) is 28.1. The van der Waals surface area contributed by atoms with Crippen molar-refractivity contribution in [2.75, 3.05) is 6.61 Å². The number of aromatic amines is 2. The predicted molar refractivity (Wildman–Crippen MR) is 107 cm³/mol. The highest BCUT2D eigenvalue weighted by Gasteiger charge is 2.24. The summed E-state index contributed by atoms with van der Waals surface area (Å²) in [5.74, 6) is 0.462. The van der Waals surface area contributed by atoms with Gasteiger partial charge in [-0.2, -0.15) is 0 Å². The maximum atomic E-state index is 12.3. The number of benzene rings is 2. The van der Waals surface area contributed by atoms with E-state index in [-0.39, 0.29) is 29.9 Å². The molecule has 0 saturated carbocycles. The van der Waals surface area contributed by atoms with Gasteiger partial charge in [0, 0.05) is 12.5 Å². The monoisotopic (exact) mass is 391 g/mol. The number of ether oxygens (including phenoxy) is 1. The number of fused-ring (bicyclic) bond motifs is 2. The third-order valence-electron chi connectivity index (χ3n) is 5.65. The Bertz CT molecular complexity index is 1160. The first-order valence-electron chi connectivity index (χ1n) is 9.72. The maximum Gasteiger partial charge on any atom is 0.325 e. The van der Waals surface area contributed by atoms with Gasteiger partial charge in [-0.15, -0.1) is 0 Å². The van der Waals surface area contributed by atoms with Crippen LogP contribution in [-0.4, -0.2) is 33.6 Å². The number of aromatic hydroxyl groups is 1. The fourth-order valence-corrected chi connectivity index (χ4v) is 4.24. The van der Waals surface area contributed by atoms with E-state index >= 15 is 0 Å². The Kier molecular flexibility index (Phi) is 4.16. The van der Waals surface area contributed by atoms with Crippen molar-refractivity contribution in [2.24, 2.45) is 0 Å². The molecule has 0 spiro atoms. The summed E-state index contributed by atoms with van der Waals surface area (Å²) < 4.78 is 5.59. The number of hydrogen-bond donors (Lipinski definition) is 4. The summed E-state index contributed by atoms with van der Waals surface area (Å²) in [6.45, 7) is 0.749. The minimum atomic E-state index is -0.524. The molecule has 1 amide bonds. The van der Waals surface area contributed by atoms with Crippen molar-refractivity contribution in [3.05, 3.63) is 69.3 Å². The van der Waals surface area contributed by atoms with Gasteiger partial charge < -0.3 is 20.1 Å². The van der Waals surface area contributed by atoms with Gasteiger partial charge in [0.25, 0.3) is 0 Å². The van der Waals surface area contributed by atoms with E-state index < -0.39 is 5.69 Å². The van der Waals surface area contributed by atoms with Crippen molar-refractivity contribution in [3.8, 4) is 22.8 Å². The molecular formula is C22H21N3O4. The van der Waals surface area contributed by atoms with Crippen molar-refractivity contribution >= 4 is 5.91 Å². The first-order valence-corrected chi connectivity index (χ1v) is 9.72. The van der Waals surface area contributed by atoms with E-state index in [4.69, 9.17) is 4.74 Å². The molecule has 7 nitrogen and oxygen atoms in total. The molecular weight excluding hydrogens is 370 g/mol. The topological polar surface area (TPSA) is 107 Å². The van der Waals surface area contributed by atoms with Crippen LogP contribution in [0.5, 0.6) is 11.6 Å². The van der Waals surface area contributed by atoms with E-state index in [0.717, 1.165) is 31.6 Å². The number of H-pyrrole nitrogens is 2. The van der Waals surface area contributed by atoms with Crippen LogP contribution in [0, 0.1) is 0 Å². The van der Waals surface area contributed by atoms with Gasteiger partial charge in [0.1, 0.15) is 5.75 Å². The quantitative estimate of drug-likeness (QED) is 0.544. The average molecular weight is 391 g/mol. The Labute approximate surface area is 166 Å². The largest absolute Gasteiger partial charge is 0.493 e. The van der Waals surface area contributed by atoms with Gasteiger partial charge in [-0.05, 0) is 52.8 Å². The third-order valence-corrected chi connectivity index (χ3v) is 5.65. The molecule has 0 saturated heterocycles. The third kappa shape index (κ3) is 3.40. The first-order chi connectivity index (χ1) is 14.0. The number of carbonyl (C=O) groups is 1. The van der Waals surface area contributed by atoms with Crippen LogP contribution in [0.1, 0.15) is 22.4 Å². The maximum absolute atomic E-state index is 12.3. The van der Waals surface area contributed by atoms with Crippen LogP contribution in [0.2, 0.25) is 0 Å². The van der Waals surface area contributed by atoms with Crippen LogP contribution in [-0.2, 0) is 30.5 Å². The minimum Gasteiger partial charge on any atom is -0.493 e. The Morgan fingerprint density at radius 2 is 1.83 bits per heavy atom. The molecule has 0 bridgehead atoms. The zero-order chi connectivity index (χ0) is 20.0. The molecule has 1 aliphatic heterocycles. The Balaban J connectivity index is 1.28. The molecule has 1 aromatic heterocycles. The van der Waals surface area contributed by atoms with Crippen LogP contribution in [0.15, 0.2) is 41.2 Å². The second-order valence-electron chi connectivity index (χ2n) is 7.66. The normalized spacial score (nSPS) is 16.9. The minimum absolute atomic E-state index is 0.00831. The molecule has 1 aliphatic carbocycles. The fourth-order valence-electron chi connectivity index (χ4n) is 4.24. The molecule has 29 heavy (non-hydrogen) atoms. The number of imidazole rings is 1. The number of carbonyl (C=O) groups excluding carboxylic acids is 1. The first kappa shape index (κ1) is 17.6. The number of rotatable bonds is 4. The zero-order valence-corrected chi connectivity index (χ0v) is 15.7. The summed E-state index contributed by atoms with van der Waals surface area (Å²) in [5, 5.41) is 12.6. The van der Waals surface area contributed by atoms with Crippen molar-refractivity contribution in [2.45, 2.75) is 31.7 Å². The van der Waals surface area contributed by atoms with E-state index in [1.165, 1.54) is 27.8 Å². The Hall–Kier alpha value is -3.48. The second-order valence-corrected chi connectivity index (χ2v) is 7.66. The standard InChI is InChI=1S/C22H21N3O4/c26-20(11-18-21(27)25-22(28)24-18)23-17-9-14-2-1-12(8-16(14)10-17)13-3-4-19-15(7-13)5-6-29-19/h1-4,7-8,17,27H,5-6,9-11H2,(H,23,26)(H2,24,25,28). The van der Waals surface area contributed by atoms with E-state index in [1.807, 2.05) is 6.07 Å². The molecule has 3 aromatic rings. The van der Waals surface area contributed by atoms with Gasteiger partial charge in [-0.25, -0.2) is 4.79 Å². The van der Waals surface area contributed by atoms with Gasteiger partial charge in [0.05, 0.1) is 18.7 Å². The molecule has 2 heterocycles. The molecule has 4 N–H and O–H groups in total. The van der Waals surface area contributed by atoms with Gasteiger partial charge in [-0.3, -0.25) is 9.78 Å². The molecule has 5 rings (SSSR count). The van der Waals surface area contributed by atoms with Crippen LogP contribution in [0.25, 0.3) is 11.1 Å². The van der Waals surface area contributed by atoms with Crippen molar-refractivity contribution in [1.29, 1.82) is 0 Å². The fraction of sp³-hybridized carbons (Fsp3) is 0.273.